The van der Waals surface area contributed by atoms with E-state index in [9.17, 15) is 0 Å². The second-order valence-corrected chi connectivity index (χ2v) is 5.25. The maximum atomic E-state index is 5.96. The van der Waals surface area contributed by atoms with Gasteiger partial charge in [0, 0.05) is 24.2 Å². The van der Waals surface area contributed by atoms with E-state index in [1.807, 2.05) is 19.1 Å². The van der Waals surface area contributed by atoms with E-state index < -0.39 is 0 Å². The molecule has 3 nitrogen and oxygen atoms in total. The summed E-state index contributed by atoms with van der Waals surface area (Å²) in [5.41, 5.74) is 8.34. The molecule has 3 heteroatoms. The van der Waals surface area contributed by atoms with Gasteiger partial charge in [0.1, 0.15) is 5.75 Å². The average Bonchev–Trinajstić information content (AvgIpc) is 2.39. The lowest BCUT2D eigenvalue weighted by molar-refractivity contribution is 0.219. The van der Waals surface area contributed by atoms with E-state index in [4.69, 9.17) is 10.5 Å². The maximum Gasteiger partial charge on any atom is 0.123 e. The highest BCUT2D eigenvalue weighted by Crippen LogP contribution is 2.24. The molecule has 0 amide bonds. The summed E-state index contributed by atoms with van der Waals surface area (Å²) in [6, 6.07) is 6.91. The third-order valence-electron chi connectivity index (χ3n) is 3.82. The third kappa shape index (κ3) is 4.22. The first-order valence-corrected chi connectivity index (χ1v) is 7.16. The summed E-state index contributed by atoms with van der Waals surface area (Å²) in [6.07, 6.45) is 2.34. The molecule has 1 aromatic rings. The Labute approximate surface area is 117 Å². The van der Waals surface area contributed by atoms with Crippen molar-refractivity contribution in [1.29, 1.82) is 0 Å². The first kappa shape index (κ1) is 16.0. The second-order valence-electron chi connectivity index (χ2n) is 5.25. The highest BCUT2D eigenvalue weighted by atomic mass is 16.5. The number of hydrogen-bond acceptors (Lipinski definition) is 3. The summed E-state index contributed by atoms with van der Waals surface area (Å²) in [6.45, 7) is 7.38. The van der Waals surface area contributed by atoms with Crippen LogP contribution in [0, 0.1) is 0 Å². The molecule has 0 aliphatic carbocycles. The van der Waals surface area contributed by atoms with E-state index in [0.29, 0.717) is 6.04 Å². The standard InChI is InChI=1S/C16H28N2O/c1-6-15(7-2)18(4)11-14-10-13(12(3)17)8-9-16(14)19-5/h8-10,12,15H,6-7,11,17H2,1-5H3. The van der Waals surface area contributed by atoms with Crippen molar-refractivity contribution >= 4 is 0 Å². The largest absolute Gasteiger partial charge is 0.496 e. The fourth-order valence-electron chi connectivity index (χ4n) is 2.52. The van der Waals surface area contributed by atoms with Gasteiger partial charge in [0.15, 0.2) is 0 Å². The second kappa shape index (κ2) is 7.51. The van der Waals surface area contributed by atoms with E-state index in [-0.39, 0.29) is 6.04 Å². The highest BCUT2D eigenvalue weighted by Gasteiger charge is 2.14. The van der Waals surface area contributed by atoms with Crippen molar-refractivity contribution < 1.29 is 4.74 Å². The van der Waals surface area contributed by atoms with Crippen molar-refractivity contribution in [2.75, 3.05) is 14.2 Å². The molecule has 19 heavy (non-hydrogen) atoms. The predicted octanol–water partition coefficient (Wildman–Crippen LogP) is 3.34. The molecule has 0 saturated carbocycles. The lowest BCUT2D eigenvalue weighted by atomic mass is 10.0. The zero-order valence-corrected chi connectivity index (χ0v) is 12.9. The van der Waals surface area contributed by atoms with Crippen LogP contribution in [0.3, 0.4) is 0 Å². The minimum absolute atomic E-state index is 0.0584. The normalized spacial score (nSPS) is 13.1. The van der Waals surface area contributed by atoms with E-state index in [0.717, 1.165) is 17.9 Å². The van der Waals surface area contributed by atoms with Crippen LogP contribution in [0.2, 0.25) is 0 Å². The summed E-state index contributed by atoms with van der Waals surface area (Å²) in [5, 5.41) is 0. The van der Waals surface area contributed by atoms with Crippen LogP contribution in [0.4, 0.5) is 0 Å². The lowest BCUT2D eigenvalue weighted by Crippen LogP contribution is -2.30. The molecule has 0 bridgehead atoms. The van der Waals surface area contributed by atoms with Gasteiger partial charge in [-0.2, -0.15) is 0 Å². The van der Waals surface area contributed by atoms with E-state index in [2.05, 4.69) is 31.9 Å². The molecule has 0 spiro atoms. The summed E-state index contributed by atoms with van der Waals surface area (Å²) >= 11 is 0. The summed E-state index contributed by atoms with van der Waals surface area (Å²) in [5.74, 6) is 0.946. The van der Waals surface area contributed by atoms with Crippen LogP contribution >= 0.6 is 0 Å². The first-order chi connectivity index (χ1) is 9.03. The van der Waals surface area contributed by atoms with Gasteiger partial charge in [-0.1, -0.05) is 19.9 Å². The van der Waals surface area contributed by atoms with Gasteiger partial charge in [-0.05, 0) is 44.5 Å². The smallest absolute Gasteiger partial charge is 0.123 e. The lowest BCUT2D eigenvalue weighted by Gasteiger charge is -2.27. The van der Waals surface area contributed by atoms with Crippen molar-refractivity contribution in [3.05, 3.63) is 29.3 Å². The summed E-state index contributed by atoms with van der Waals surface area (Å²) in [4.78, 5) is 2.39. The van der Waals surface area contributed by atoms with Gasteiger partial charge in [-0.3, -0.25) is 4.90 Å². The summed E-state index contributed by atoms with van der Waals surface area (Å²) in [7, 11) is 3.90. The molecule has 1 atom stereocenters. The Bertz CT molecular complexity index is 386. The molecule has 0 heterocycles. The van der Waals surface area contributed by atoms with Crippen molar-refractivity contribution in [2.45, 2.75) is 52.2 Å². The van der Waals surface area contributed by atoms with Gasteiger partial charge in [0.2, 0.25) is 0 Å². The average molecular weight is 264 g/mol. The van der Waals surface area contributed by atoms with Crippen LogP contribution < -0.4 is 10.5 Å². The van der Waals surface area contributed by atoms with Crippen LogP contribution in [-0.2, 0) is 6.54 Å². The van der Waals surface area contributed by atoms with E-state index in [1.165, 1.54) is 18.4 Å². The van der Waals surface area contributed by atoms with Crippen LogP contribution in [-0.4, -0.2) is 25.1 Å². The Kier molecular flexibility index (Phi) is 6.32. The monoisotopic (exact) mass is 264 g/mol. The molecule has 0 saturated heterocycles. The Hall–Kier alpha value is -1.06. The fraction of sp³-hybridized carbons (Fsp3) is 0.625. The quantitative estimate of drug-likeness (QED) is 0.821. The first-order valence-electron chi connectivity index (χ1n) is 7.16. The molecule has 1 aromatic carbocycles. The van der Waals surface area contributed by atoms with Gasteiger partial charge in [-0.15, -0.1) is 0 Å². The Morgan fingerprint density at radius 2 is 1.89 bits per heavy atom. The van der Waals surface area contributed by atoms with Gasteiger partial charge in [-0.25, -0.2) is 0 Å². The molecular formula is C16H28N2O. The zero-order valence-electron chi connectivity index (χ0n) is 12.9. The van der Waals surface area contributed by atoms with Crippen molar-refractivity contribution in [1.82, 2.24) is 4.90 Å². The number of rotatable bonds is 7. The minimum atomic E-state index is 0.0584. The predicted molar refractivity (Wildman–Crippen MR) is 81.4 cm³/mol. The van der Waals surface area contributed by atoms with Gasteiger partial charge in [0.05, 0.1) is 7.11 Å². The molecule has 2 N–H and O–H groups in total. The van der Waals surface area contributed by atoms with Crippen LogP contribution in [0.25, 0.3) is 0 Å². The SMILES string of the molecule is CCC(CC)N(C)Cc1cc(C(C)N)ccc1OC. The Morgan fingerprint density at radius 3 is 2.37 bits per heavy atom. The maximum absolute atomic E-state index is 5.96. The van der Waals surface area contributed by atoms with Crippen LogP contribution in [0.1, 0.15) is 50.8 Å². The van der Waals surface area contributed by atoms with Crippen molar-refractivity contribution in [2.24, 2.45) is 5.73 Å². The van der Waals surface area contributed by atoms with E-state index in [1.54, 1.807) is 7.11 Å². The molecule has 0 fully saturated rings. The zero-order chi connectivity index (χ0) is 14.4. The molecule has 0 aliphatic rings. The highest BCUT2D eigenvalue weighted by molar-refractivity contribution is 5.38. The molecule has 108 valence electrons. The van der Waals surface area contributed by atoms with Gasteiger partial charge in [0.25, 0.3) is 0 Å². The number of methoxy groups -OCH3 is 1. The molecule has 1 unspecified atom stereocenters. The topological polar surface area (TPSA) is 38.5 Å². The molecule has 0 aliphatic heterocycles. The van der Waals surface area contributed by atoms with Crippen LogP contribution in [0.5, 0.6) is 5.75 Å². The van der Waals surface area contributed by atoms with Crippen LogP contribution in [0.15, 0.2) is 18.2 Å². The fourth-order valence-corrected chi connectivity index (χ4v) is 2.52. The number of nitrogens with two attached hydrogens (primary N) is 1. The van der Waals surface area contributed by atoms with Crippen molar-refractivity contribution in [3.8, 4) is 5.75 Å². The number of nitrogens with zero attached hydrogens (tertiary/aromatic N) is 1. The minimum Gasteiger partial charge on any atom is -0.496 e. The third-order valence-corrected chi connectivity index (χ3v) is 3.82. The van der Waals surface area contributed by atoms with E-state index >= 15 is 0 Å². The molecule has 0 aromatic heterocycles. The molecular weight excluding hydrogens is 236 g/mol. The van der Waals surface area contributed by atoms with Crippen molar-refractivity contribution in [3.63, 3.8) is 0 Å². The van der Waals surface area contributed by atoms with Gasteiger partial charge < -0.3 is 10.5 Å². The summed E-state index contributed by atoms with van der Waals surface area (Å²) < 4.78 is 5.46. The Balaban J connectivity index is 2.94. The van der Waals surface area contributed by atoms with Gasteiger partial charge >= 0.3 is 0 Å². The number of hydrogen-bond donors (Lipinski definition) is 1. The number of benzene rings is 1. The number of ether oxygens (including phenoxy) is 1. The Morgan fingerprint density at radius 1 is 1.26 bits per heavy atom. The molecule has 1 rings (SSSR count). The molecule has 0 radical (unpaired) electrons.